The molecule has 0 radical (unpaired) electrons. The molecular formula is C17H18FN5O2S. The lowest BCUT2D eigenvalue weighted by Crippen LogP contribution is -2.39. The van der Waals surface area contributed by atoms with Gasteiger partial charge < -0.3 is 10.2 Å². The third-order valence-electron chi connectivity index (χ3n) is 4.64. The summed E-state index contributed by atoms with van der Waals surface area (Å²) in [6.07, 6.45) is 2.86. The minimum atomic E-state index is -0.462. The fraction of sp³-hybridized carbons (Fsp3) is 0.412. The van der Waals surface area contributed by atoms with E-state index in [9.17, 15) is 14.0 Å². The summed E-state index contributed by atoms with van der Waals surface area (Å²) in [6, 6.07) is 5.68. The Morgan fingerprint density at radius 3 is 2.77 bits per heavy atom. The number of para-hydroxylation sites is 1. The Hall–Kier alpha value is -2.55. The summed E-state index contributed by atoms with van der Waals surface area (Å²) < 4.78 is 13.8. The fourth-order valence-corrected chi connectivity index (χ4v) is 4.30. The number of rotatable bonds is 4. The summed E-state index contributed by atoms with van der Waals surface area (Å²) in [4.78, 5) is 28.0. The molecule has 9 heteroatoms. The van der Waals surface area contributed by atoms with Gasteiger partial charge in [0.05, 0.1) is 5.69 Å². The van der Waals surface area contributed by atoms with Crippen molar-refractivity contribution < 1.29 is 14.0 Å². The number of aromatic nitrogens is 2. The first-order chi connectivity index (χ1) is 12.6. The highest BCUT2D eigenvalue weighted by atomic mass is 32.1. The normalized spacial score (nSPS) is 20.0. The van der Waals surface area contributed by atoms with Crippen molar-refractivity contribution >= 4 is 39.1 Å². The molecule has 2 fully saturated rings. The van der Waals surface area contributed by atoms with E-state index in [0.29, 0.717) is 36.2 Å². The van der Waals surface area contributed by atoms with Crippen molar-refractivity contribution in [1.82, 2.24) is 10.2 Å². The fourth-order valence-electron chi connectivity index (χ4n) is 3.33. The molecule has 2 amide bonds. The zero-order chi connectivity index (χ0) is 18.1. The molecule has 0 aliphatic carbocycles. The highest BCUT2D eigenvalue weighted by Gasteiger charge is 2.34. The second-order valence-corrected chi connectivity index (χ2v) is 7.27. The van der Waals surface area contributed by atoms with Crippen LogP contribution in [0.2, 0.25) is 0 Å². The maximum atomic E-state index is 13.8. The molecule has 2 saturated heterocycles. The van der Waals surface area contributed by atoms with Crippen LogP contribution in [0.5, 0.6) is 0 Å². The number of carbonyl (C=O) groups excluding carboxylic acids is 2. The van der Waals surface area contributed by atoms with E-state index >= 15 is 0 Å². The summed E-state index contributed by atoms with van der Waals surface area (Å²) in [5.41, 5.74) is 0.171. The van der Waals surface area contributed by atoms with Gasteiger partial charge >= 0.3 is 0 Å². The van der Waals surface area contributed by atoms with Crippen LogP contribution in [0.1, 0.15) is 25.7 Å². The van der Waals surface area contributed by atoms with E-state index < -0.39 is 11.9 Å². The van der Waals surface area contributed by atoms with Gasteiger partial charge in [-0.25, -0.2) is 4.39 Å². The van der Waals surface area contributed by atoms with Crippen LogP contribution in [0.4, 0.5) is 20.3 Å². The van der Waals surface area contributed by atoms with Gasteiger partial charge in [0.1, 0.15) is 11.9 Å². The van der Waals surface area contributed by atoms with Gasteiger partial charge in [0.15, 0.2) is 0 Å². The average molecular weight is 375 g/mol. The zero-order valence-electron chi connectivity index (χ0n) is 14.0. The molecule has 1 aromatic carbocycles. The van der Waals surface area contributed by atoms with Gasteiger partial charge in [-0.05, 0) is 31.4 Å². The molecule has 2 aliphatic rings. The minimum absolute atomic E-state index is 0.0583. The quantitative estimate of drug-likeness (QED) is 0.888. The van der Waals surface area contributed by atoms with E-state index in [1.807, 2.05) is 4.90 Å². The van der Waals surface area contributed by atoms with Gasteiger partial charge in [0.25, 0.3) is 0 Å². The van der Waals surface area contributed by atoms with Gasteiger partial charge in [-0.1, -0.05) is 23.5 Å². The molecule has 0 bridgehead atoms. The molecule has 2 aliphatic heterocycles. The molecular weight excluding hydrogens is 357 g/mol. The molecule has 1 unspecified atom stereocenters. The third-order valence-corrected chi connectivity index (χ3v) is 5.62. The number of anilines is 3. The van der Waals surface area contributed by atoms with Crippen LogP contribution in [0.3, 0.4) is 0 Å². The summed E-state index contributed by atoms with van der Waals surface area (Å²) in [5, 5.41) is 12.2. The van der Waals surface area contributed by atoms with Crippen molar-refractivity contribution in [3.05, 3.63) is 30.1 Å². The van der Waals surface area contributed by atoms with Crippen molar-refractivity contribution in [3.63, 3.8) is 0 Å². The predicted molar refractivity (Wildman–Crippen MR) is 96.9 cm³/mol. The Balaban J connectivity index is 1.50. The predicted octanol–water partition coefficient (Wildman–Crippen LogP) is 2.41. The summed E-state index contributed by atoms with van der Waals surface area (Å²) in [7, 11) is 0. The zero-order valence-corrected chi connectivity index (χ0v) is 14.8. The largest absolute Gasteiger partial charge is 0.335 e. The number of carbonyl (C=O) groups is 2. The van der Waals surface area contributed by atoms with Crippen molar-refractivity contribution in [3.8, 4) is 0 Å². The number of halogens is 1. The van der Waals surface area contributed by atoms with Crippen LogP contribution >= 0.6 is 11.3 Å². The van der Waals surface area contributed by atoms with Gasteiger partial charge in [0, 0.05) is 19.5 Å². The molecule has 4 rings (SSSR count). The van der Waals surface area contributed by atoms with Crippen molar-refractivity contribution in [1.29, 1.82) is 0 Å². The molecule has 2 aromatic rings. The second kappa shape index (κ2) is 6.99. The number of nitrogens with one attached hydrogen (secondary N) is 1. The van der Waals surface area contributed by atoms with E-state index in [1.54, 1.807) is 17.0 Å². The first-order valence-electron chi connectivity index (χ1n) is 8.59. The summed E-state index contributed by atoms with van der Waals surface area (Å²) in [6.45, 7) is 1.34. The van der Waals surface area contributed by atoms with Crippen molar-refractivity contribution in [2.24, 2.45) is 0 Å². The Bertz CT molecular complexity index is 842. The molecule has 7 nitrogen and oxygen atoms in total. The number of benzene rings is 1. The number of hydrogen-bond donors (Lipinski definition) is 1. The van der Waals surface area contributed by atoms with Crippen LogP contribution < -0.4 is 15.1 Å². The Labute approximate surface area is 153 Å². The van der Waals surface area contributed by atoms with Crippen LogP contribution in [-0.4, -0.2) is 41.1 Å². The monoisotopic (exact) mass is 375 g/mol. The van der Waals surface area contributed by atoms with Gasteiger partial charge in [-0.2, -0.15) is 0 Å². The van der Waals surface area contributed by atoms with Crippen LogP contribution in [0.25, 0.3) is 0 Å². The lowest BCUT2D eigenvalue weighted by atomic mass is 10.2. The van der Waals surface area contributed by atoms with Crippen molar-refractivity contribution in [2.75, 3.05) is 28.2 Å². The molecule has 26 heavy (non-hydrogen) atoms. The van der Waals surface area contributed by atoms with Gasteiger partial charge in [0.2, 0.25) is 22.1 Å². The number of hydrogen-bond acceptors (Lipinski definition) is 6. The minimum Gasteiger partial charge on any atom is -0.335 e. The van der Waals surface area contributed by atoms with E-state index in [-0.39, 0.29) is 17.5 Å². The molecule has 1 aromatic heterocycles. The highest BCUT2D eigenvalue weighted by molar-refractivity contribution is 7.19. The first kappa shape index (κ1) is 16.9. The molecule has 1 atom stereocenters. The molecule has 0 spiro atoms. The SMILES string of the molecule is O=C(Nc1ccccc1F)C1CCCN1c1nnc(N2CCCC2=O)s1. The number of amides is 2. The number of nitrogens with zero attached hydrogens (tertiary/aromatic N) is 4. The van der Waals surface area contributed by atoms with Crippen LogP contribution in [-0.2, 0) is 9.59 Å². The maximum Gasteiger partial charge on any atom is 0.247 e. The third kappa shape index (κ3) is 3.14. The molecule has 3 heterocycles. The Morgan fingerprint density at radius 2 is 2.00 bits per heavy atom. The first-order valence-corrected chi connectivity index (χ1v) is 9.41. The van der Waals surface area contributed by atoms with Gasteiger partial charge in [-0.15, -0.1) is 10.2 Å². The molecule has 0 saturated carbocycles. The van der Waals surface area contributed by atoms with Gasteiger partial charge in [-0.3, -0.25) is 14.5 Å². The van der Waals surface area contributed by atoms with E-state index in [1.165, 1.54) is 23.5 Å². The van der Waals surface area contributed by atoms with Crippen LogP contribution in [0, 0.1) is 5.82 Å². The van der Waals surface area contributed by atoms with E-state index in [0.717, 1.165) is 12.8 Å². The van der Waals surface area contributed by atoms with E-state index in [2.05, 4.69) is 15.5 Å². The smallest absolute Gasteiger partial charge is 0.247 e. The van der Waals surface area contributed by atoms with Crippen molar-refractivity contribution in [2.45, 2.75) is 31.7 Å². The standard InChI is InChI=1S/C17H18FN5O2S/c18-11-5-1-2-6-12(11)19-15(25)13-7-3-9-22(13)16-20-21-17(26-16)23-10-4-8-14(23)24/h1-2,5-6,13H,3-4,7-10H2,(H,19,25). The highest BCUT2D eigenvalue weighted by Crippen LogP contribution is 2.34. The second-order valence-electron chi connectivity index (χ2n) is 6.34. The topological polar surface area (TPSA) is 78.4 Å². The molecule has 1 N–H and O–H groups in total. The Kier molecular flexibility index (Phi) is 4.54. The maximum absolute atomic E-state index is 13.8. The molecule has 136 valence electrons. The average Bonchev–Trinajstić information content (AvgIpc) is 3.35. The Morgan fingerprint density at radius 1 is 1.19 bits per heavy atom. The lowest BCUT2D eigenvalue weighted by molar-refractivity contribution is -0.118. The van der Waals surface area contributed by atoms with E-state index in [4.69, 9.17) is 0 Å². The van der Waals surface area contributed by atoms with Crippen LogP contribution in [0.15, 0.2) is 24.3 Å². The lowest BCUT2D eigenvalue weighted by Gasteiger charge is -2.22. The summed E-state index contributed by atoms with van der Waals surface area (Å²) in [5.74, 6) is -0.666. The summed E-state index contributed by atoms with van der Waals surface area (Å²) >= 11 is 1.32.